The highest BCUT2D eigenvalue weighted by Crippen LogP contribution is 2.37. The van der Waals surface area contributed by atoms with Crippen molar-refractivity contribution in [3.8, 4) is 16.9 Å². The maximum atomic E-state index is 13.6. The van der Waals surface area contributed by atoms with Crippen LogP contribution in [0.4, 0.5) is 23.1 Å². The van der Waals surface area contributed by atoms with Crippen molar-refractivity contribution in [2.24, 2.45) is 11.7 Å². The van der Waals surface area contributed by atoms with E-state index in [0.717, 1.165) is 5.56 Å². The lowest BCUT2D eigenvalue weighted by molar-refractivity contribution is 0.0925. The second-order valence-electron chi connectivity index (χ2n) is 11.8. The molecule has 0 aliphatic rings. The van der Waals surface area contributed by atoms with Crippen LogP contribution in [0.5, 0.6) is 5.75 Å². The number of primary amides is 1. The lowest BCUT2D eigenvalue weighted by atomic mass is 9.89. The van der Waals surface area contributed by atoms with Crippen molar-refractivity contribution in [2.45, 2.75) is 47.0 Å². The summed E-state index contributed by atoms with van der Waals surface area (Å²) in [6.07, 6.45) is 4.62. The maximum absolute atomic E-state index is 13.6. The molecule has 0 saturated heterocycles. The van der Waals surface area contributed by atoms with Gasteiger partial charge in [-0.15, -0.1) is 0 Å². The number of nitrogens with one attached hydrogen (secondary N) is 3. The minimum absolute atomic E-state index is 0.0454. The summed E-state index contributed by atoms with van der Waals surface area (Å²) in [6.45, 7) is 10.7. The lowest BCUT2D eigenvalue weighted by Crippen LogP contribution is -2.19. The number of anilines is 4. The van der Waals surface area contributed by atoms with Crippen molar-refractivity contribution >= 4 is 52.3 Å². The maximum Gasteiger partial charge on any atom is 0.251 e. The van der Waals surface area contributed by atoms with Gasteiger partial charge in [0.2, 0.25) is 5.95 Å². The van der Waals surface area contributed by atoms with Crippen molar-refractivity contribution < 1.29 is 19.1 Å². The third-order valence-electron chi connectivity index (χ3n) is 8.00. The van der Waals surface area contributed by atoms with Crippen LogP contribution in [-0.2, 0) is 0 Å². The first kappa shape index (κ1) is 39.4. The number of aromatic nitrogens is 2. The molecule has 1 atom stereocenters. The van der Waals surface area contributed by atoms with Gasteiger partial charge in [-0.05, 0) is 86.9 Å². The third kappa shape index (κ3) is 10.5. The Balaban J connectivity index is 0.000000753. The zero-order valence-electron chi connectivity index (χ0n) is 29.9. The zero-order chi connectivity index (χ0) is 36.8. The Kier molecular flexibility index (Phi) is 15.2. The predicted molar refractivity (Wildman–Crippen MR) is 202 cm³/mol. The van der Waals surface area contributed by atoms with Crippen LogP contribution < -0.4 is 26.4 Å². The summed E-state index contributed by atoms with van der Waals surface area (Å²) in [5.74, 6) is -0.239. The van der Waals surface area contributed by atoms with Crippen LogP contribution in [0.1, 0.15) is 78.0 Å². The Bertz CT molecular complexity index is 1760. The summed E-state index contributed by atoms with van der Waals surface area (Å²) in [4.78, 5) is 48.6. The number of methoxy groups -OCH3 is 1. The Morgan fingerprint density at radius 1 is 0.940 bits per heavy atom. The van der Waals surface area contributed by atoms with Gasteiger partial charge in [-0.25, -0.2) is 4.98 Å². The molecule has 5 N–H and O–H groups in total. The molecule has 3 aromatic carbocycles. The molecular weight excluding hydrogens is 654 g/mol. The van der Waals surface area contributed by atoms with Crippen molar-refractivity contribution in [1.82, 2.24) is 20.2 Å². The van der Waals surface area contributed by atoms with E-state index in [4.69, 9.17) is 22.1 Å². The van der Waals surface area contributed by atoms with E-state index in [1.165, 1.54) is 39.2 Å². The van der Waals surface area contributed by atoms with Crippen LogP contribution in [0.15, 0.2) is 66.9 Å². The Hall–Kier alpha value is -5.00. The molecule has 0 radical (unpaired) electrons. The number of nitrogens with two attached hydrogens (primary N) is 1. The number of ketones is 1. The Labute approximate surface area is 300 Å². The van der Waals surface area contributed by atoms with Gasteiger partial charge in [0.25, 0.3) is 11.8 Å². The minimum Gasteiger partial charge on any atom is -0.495 e. The highest BCUT2D eigenvalue weighted by atomic mass is 35.5. The highest BCUT2D eigenvalue weighted by molar-refractivity contribution is 6.33. The number of nitrogens with zero attached hydrogens (tertiary/aromatic N) is 3. The van der Waals surface area contributed by atoms with Gasteiger partial charge in [0.15, 0.2) is 11.6 Å². The van der Waals surface area contributed by atoms with Crippen molar-refractivity contribution in [3.05, 3.63) is 88.6 Å². The SMILES string of the molecule is CCC(C)C(=O)c1cc(Nc2ncc(Cl)c(Nc3ccccc3C(N)=O)n2)c(OC)cc1-c1ccc(C(=O)NC)cc1.CCCN(C)CCC. The van der Waals surface area contributed by atoms with Gasteiger partial charge in [-0.3, -0.25) is 14.4 Å². The summed E-state index contributed by atoms with van der Waals surface area (Å²) >= 11 is 6.36. The number of amides is 2. The van der Waals surface area contributed by atoms with Crippen molar-refractivity contribution in [1.29, 1.82) is 0 Å². The monoisotopic (exact) mass is 701 g/mol. The topological polar surface area (TPSA) is 152 Å². The molecule has 12 heteroatoms. The minimum atomic E-state index is -0.603. The molecule has 11 nitrogen and oxygen atoms in total. The first-order valence-corrected chi connectivity index (χ1v) is 17.1. The fourth-order valence-corrected chi connectivity index (χ4v) is 5.27. The molecule has 0 fully saturated rings. The van der Waals surface area contributed by atoms with E-state index in [0.29, 0.717) is 40.2 Å². The number of rotatable bonds is 15. The number of benzene rings is 3. The molecule has 4 rings (SSSR count). The summed E-state index contributed by atoms with van der Waals surface area (Å²) in [6, 6.07) is 17.2. The van der Waals surface area contributed by atoms with Crippen LogP contribution >= 0.6 is 11.6 Å². The average molecular weight is 702 g/mol. The van der Waals surface area contributed by atoms with Crippen LogP contribution in [0.25, 0.3) is 11.1 Å². The molecule has 0 bridgehead atoms. The normalized spacial score (nSPS) is 11.2. The smallest absolute Gasteiger partial charge is 0.251 e. The molecule has 4 aromatic rings. The molecule has 266 valence electrons. The number of hydrogen-bond donors (Lipinski definition) is 4. The van der Waals surface area contributed by atoms with Gasteiger partial charge >= 0.3 is 0 Å². The molecule has 0 saturated carbocycles. The Morgan fingerprint density at radius 3 is 2.18 bits per heavy atom. The molecular formula is C38H48ClN7O4. The molecule has 50 heavy (non-hydrogen) atoms. The molecule has 2 amide bonds. The fraction of sp³-hybridized carbons (Fsp3) is 0.342. The van der Waals surface area contributed by atoms with Crippen molar-refractivity contribution in [2.75, 3.05) is 44.9 Å². The number of para-hydroxylation sites is 1. The van der Waals surface area contributed by atoms with Gasteiger partial charge in [0.05, 0.1) is 30.2 Å². The second-order valence-corrected chi connectivity index (χ2v) is 12.2. The van der Waals surface area contributed by atoms with Crippen molar-refractivity contribution in [3.63, 3.8) is 0 Å². The number of hydrogen-bond acceptors (Lipinski definition) is 9. The standard InChI is InChI=1S/C31H31ClN6O4.C7H17N/c1-5-17(2)27(39)22-14-25(26(42-4)15-21(22)18-10-12-19(13-11-18)30(41)34-3)37-31-35-16-23(32)29(38-31)36-24-9-7-6-8-20(24)28(33)40;1-4-6-8(3)7-5-2/h6-17H,5H2,1-4H3,(H2,33,40)(H,34,41)(H2,35,36,37,38);4-7H2,1-3H3. The quantitative estimate of drug-likeness (QED) is 0.0913. The summed E-state index contributed by atoms with van der Waals surface area (Å²) in [5.41, 5.74) is 9.06. The lowest BCUT2D eigenvalue weighted by Gasteiger charge is -2.18. The number of ether oxygens (including phenoxy) is 1. The molecule has 0 aliphatic carbocycles. The zero-order valence-corrected chi connectivity index (χ0v) is 30.6. The third-order valence-corrected chi connectivity index (χ3v) is 8.27. The van der Waals surface area contributed by atoms with Gasteiger partial charge in [0, 0.05) is 24.1 Å². The fourth-order valence-electron chi connectivity index (χ4n) is 5.13. The highest BCUT2D eigenvalue weighted by Gasteiger charge is 2.22. The van der Waals surface area contributed by atoms with Gasteiger partial charge in [-0.1, -0.05) is 63.6 Å². The largest absolute Gasteiger partial charge is 0.495 e. The van der Waals surface area contributed by atoms with Crippen LogP contribution in [-0.4, -0.2) is 66.8 Å². The van der Waals surface area contributed by atoms with E-state index in [9.17, 15) is 14.4 Å². The first-order chi connectivity index (χ1) is 24.0. The van der Waals surface area contributed by atoms with E-state index in [1.807, 2.05) is 13.8 Å². The van der Waals surface area contributed by atoms with E-state index >= 15 is 0 Å². The van der Waals surface area contributed by atoms with Crippen LogP contribution in [0.2, 0.25) is 5.02 Å². The van der Waals surface area contributed by atoms with E-state index < -0.39 is 5.91 Å². The predicted octanol–water partition coefficient (Wildman–Crippen LogP) is 7.72. The number of halogens is 1. The number of carbonyl (C=O) groups excluding carboxylic acids is 3. The average Bonchev–Trinajstić information content (AvgIpc) is 3.12. The van der Waals surface area contributed by atoms with Gasteiger partial charge in [-0.2, -0.15) is 4.98 Å². The molecule has 1 unspecified atom stereocenters. The Morgan fingerprint density at radius 2 is 1.60 bits per heavy atom. The number of Topliss-reactive ketones (excluding diaryl/α,β-unsaturated/α-hetero) is 1. The van der Waals surface area contributed by atoms with E-state index in [-0.39, 0.29) is 40.0 Å². The van der Waals surface area contributed by atoms with E-state index in [2.05, 4.69) is 51.7 Å². The van der Waals surface area contributed by atoms with Crippen LogP contribution in [0.3, 0.4) is 0 Å². The molecule has 1 heterocycles. The first-order valence-electron chi connectivity index (χ1n) is 16.7. The summed E-state index contributed by atoms with van der Waals surface area (Å²) < 4.78 is 5.69. The van der Waals surface area contributed by atoms with E-state index in [1.54, 1.807) is 67.7 Å². The number of carbonyl (C=O) groups is 3. The van der Waals surface area contributed by atoms with Crippen LogP contribution in [0, 0.1) is 5.92 Å². The van der Waals surface area contributed by atoms with Gasteiger partial charge < -0.3 is 31.3 Å². The second kappa shape index (κ2) is 19.3. The summed E-state index contributed by atoms with van der Waals surface area (Å²) in [5, 5.41) is 8.99. The molecule has 0 spiro atoms. The van der Waals surface area contributed by atoms with Gasteiger partial charge in [0.1, 0.15) is 10.8 Å². The summed E-state index contributed by atoms with van der Waals surface area (Å²) in [7, 11) is 5.26. The molecule has 0 aliphatic heterocycles. The molecule has 1 aromatic heterocycles.